The van der Waals surface area contributed by atoms with Gasteiger partial charge in [-0.1, -0.05) is 0 Å². The molecule has 1 aromatic rings. The molecule has 2 atom stereocenters. The van der Waals surface area contributed by atoms with Crippen LogP contribution in [0.25, 0.3) is 0 Å². The zero-order chi connectivity index (χ0) is 13.3. The highest BCUT2D eigenvalue weighted by Crippen LogP contribution is 2.18. The monoisotopic (exact) mass is 308 g/mol. The van der Waals surface area contributed by atoms with E-state index in [1.54, 1.807) is 13.8 Å². The summed E-state index contributed by atoms with van der Waals surface area (Å²) in [6.45, 7) is 6.33. The van der Waals surface area contributed by atoms with Gasteiger partial charge in [0.15, 0.2) is 0 Å². The van der Waals surface area contributed by atoms with Crippen molar-refractivity contribution in [2.24, 2.45) is 0 Å². The lowest BCUT2D eigenvalue weighted by Gasteiger charge is -2.28. The van der Waals surface area contributed by atoms with Crippen LogP contribution in [0.15, 0.2) is 4.90 Å². The van der Waals surface area contributed by atoms with Gasteiger partial charge in [-0.2, -0.15) is 5.10 Å². The van der Waals surface area contributed by atoms with Crippen LogP contribution < -0.4 is 10.0 Å². The molecule has 0 amide bonds. The molecule has 0 radical (unpaired) electrons. The van der Waals surface area contributed by atoms with Crippen LogP contribution in [-0.4, -0.2) is 37.2 Å². The molecule has 110 valence electrons. The summed E-state index contributed by atoms with van der Waals surface area (Å²) < 4.78 is 27.4. The maximum Gasteiger partial charge on any atom is 0.244 e. The highest BCUT2D eigenvalue weighted by atomic mass is 35.5. The summed E-state index contributed by atoms with van der Waals surface area (Å²) >= 11 is 0. The smallest absolute Gasteiger partial charge is 0.244 e. The van der Waals surface area contributed by atoms with Crippen molar-refractivity contribution in [3.63, 3.8) is 0 Å². The molecule has 1 fully saturated rings. The van der Waals surface area contributed by atoms with E-state index in [4.69, 9.17) is 0 Å². The Balaban J connectivity index is 0.00000180. The van der Waals surface area contributed by atoms with Gasteiger partial charge in [-0.25, -0.2) is 13.1 Å². The van der Waals surface area contributed by atoms with Crippen molar-refractivity contribution in [2.75, 3.05) is 6.54 Å². The molecular formula is C11H21ClN4O2S. The van der Waals surface area contributed by atoms with Gasteiger partial charge in [-0.3, -0.25) is 5.10 Å². The standard InChI is InChI=1S/C11H20N4O2S.ClH/c1-7-6-10(4-5-12-7)15-18(16,17)11-8(2)13-14-9(11)3;/h7,10,12,15H,4-6H2,1-3H3,(H,13,14);1H. The maximum absolute atomic E-state index is 12.3. The Morgan fingerprint density at radius 1 is 1.37 bits per heavy atom. The number of hydrogen-bond acceptors (Lipinski definition) is 4. The van der Waals surface area contributed by atoms with Crippen LogP contribution >= 0.6 is 12.4 Å². The zero-order valence-corrected chi connectivity index (χ0v) is 13.0. The van der Waals surface area contributed by atoms with E-state index in [0.717, 1.165) is 19.4 Å². The van der Waals surface area contributed by atoms with Crippen LogP contribution in [0.1, 0.15) is 31.2 Å². The Morgan fingerprint density at radius 3 is 2.58 bits per heavy atom. The minimum absolute atomic E-state index is 0. The second-order valence-electron chi connectivity index (χ2n) is 4.96. The number of piperidine rings is 1. The molecule has 2 unspecified atom stereocenters. The normalized spacial score (nSPS) is 23.9. The second-order valence-corrected chi connectivity index (χ2v) is 6.61. The summed E-state index contributed by atoms with van der Waals surface area (Å²) in [7, 11) is -3.47. The third kappa shape index (κ3) is 3.68. The van der Waals surface area contributed by atoms with Crippen molar-refractivity contribution in [3.05, 3.63) is 11.4 Å². The fourth-order valence-corrected chi connectivity index (χ4v) is 4.11. The van der Waals surface area contributed by atoms with Crippen molar-refractivity contribution in [1.82, 2.24) is 20.2 Å². The molecule has 1 aliphatic rings. The SMILES string of the molecule is Cc1n[nH]c(C)c1S(=O)(=O)NC1CCNC(C)C1.Cl. The second kappa shape index (κ2) is 6.21. The molecule has 0 spiro atoms. The van der Waals surface area contributed by atoms with E-state index < -0.39 is 10.0 Å². The Morgan fingerprint density at radius 2 is 2.05 bits per heavy atom. The number of halogens is 1. The van der Waals surface area contributed by atoms with Crippen molar-refractivity contribution >= 4 is 22.4 Å². The van der Waals surface area contributed by atoms with E-state index in [1.807, 2.05) is 0 Å². The molecule has 19 heavy (non-hydrogen) atoms. The fourth-order valence-electron chi connectivity index (χ4n) is 2.45. The number of rotatable bonds is 3. The molecule has 2 rings (SSSR count). The van der Waals surface area contributed by atoms with Crippen molar-refractivity contribution in [1.29, 1.82) is 0 Å². The lowest BCUT2D eigenvalue weighted by molar-refractivity contribution is 0.361. The predicted octanol–water partition coefficient (Wildman–Crippen LogP) is 0.867. The number of nitrogens with one attached hydrogen (secondary N) is 3. The minimum Gasteiger partial charge on any atom is -0.314 e. The highest BCUT2D eigenvalue weighted by molar-refractivity contribution is 7.89. The molecule has 0 aromatic carbocycles. The summed E-state index contributed by atoms with van der Waals surface area (Å²) in [6, 6.07) is 0.345. The molecule has 0 saturated carbocycles. The number of aromatic nitrogens is 2. The molecule has 2 heterocycles. The number of aromatic amines is 1. The van der Waals surface area contributed by atoms with E-state index in [1.165, 1.54) is 0 Å². The predicted molar refractivity (Wildman–Crippen MR) is 76.1 cm³/mol. The fraction of sp³-hybridized carbons (Fsp3) is 0.727. The van der Waals surface area contributed by atoms with Gasteiger partial charge in [0, 0.05) is 12.1 Å². The Bertz CT molecular complexity index is 509. The summed E-state index contributed by atoms with van der Waals surface area (Å²) in [6.07, 6.45) is 1.63. The van der Waals surface area contributed by atoms with Crippen LogP contribution in [0.2, 0.25) is 0 Å². The van der Waals surface area contributed by atoms with E-state index >= 15 is 0 Å². The summed E-state index contributed by atoms with van der Waals surface area (Å²) in [4.78, 5) is 0.286. The third-order valence-corrected chi connectivity index (χ3v) is 5.06. The van der Waals surface area contributed by atoms with Gasteiger partial charge >= 0.3 is 0 Å². The van der Waals surface area contributed by atoms with Gasteiger partial charge < -0.3 is 5.32 Å². The zero-order valence-electron chi connectivity index (χ0n) is 11.4. The topological polar surface area (TPSA) is 86.9 Å². The largest absolute Gasteiger partial charge is 0.314 e. The number of H-pyrrole nitrogens is 1. The van der Waals surface area contributed by atoms with Crippen molar-refractivity contribution in [2.45, 2.75) is 50.6 Å². The lowest BCUT2D eigenvalue weighted by atomic mass is 10.0. The third-order valence-electron chi connectivity index (χ3n) is 3.27. The van der Waals surface area contributed by atoms with Crippen molar-refractivity contribution < 1.29 is 8.42 Å². The van der Waals surface area contributed by atoms with Crippen LogP contribution in [0, 0.1) is 13.8 Å². The van der Waals surface area contributed by atoms with Gasteiger partial charge in [-0.05, 0) is 40.2 Å². The average molecular weight is 309 g/mol. The van der Waals surface area contributed by atoms with Crippen LogP contribution in [-0.2, 0) is 10.0 Å². The Labute approximate surface area is 120 Å². The molecule has 1 aliphatic heterocycles. The molecule has 0 aliphatic carbocycles. The van der Waals surface area contributed by atoms with Gasteiger partial charge in [-0.15, -0.1) is 12.4 Å². The summed E-state index contributed by atoms with van der Waals surface area (Å²) in [5, 5.41) is 9.94. The average Bonchev–Trinajstić information content (AvgIpc) is 2.58. The summed E-state index contributed by atoms with van der Waals surface area (Å²) in [5.41, 5.74) is 1.10. The molecular weight excluding hydrogens is 288 g/mol. The molecule has 0 bridgehead atoms. The van der Waals surface area contributed by atoms with Gasteiger partial charge in [0.05, 0.1) is 11.4 Å². The number of sulfonamides is 1. The van der Waals surface area contributed by atoms with Crippen LogP contribution in [0.4, 0.5) is 0 Å². The minimum atomic E-state index is -3.47. The number of hydrogen-bond donors (Lipinski definition) is 3. The van der Waals surface area contributed by atoms with E-state index in [2.05, 4.69) is 27.2 Å². The lowest BCUT2D eigenvalue weighted by Crippen LogP contribution is -2.46. The quantitative estimate of drug-likeness (QED) is 0.773. The Kier molecular flexibility index (Phi) is 5.37. The summed E-state index contributed by atoms with van der Waals surface area (Å²) in [5.74, 6) is 0. The molecule has 8 heteroatoms. The van der Waals surface area contributed by atoms with Crippen molar-refractivity contribution in [3.8, 4) is 0 Å². The first-order valence-electron chi connectivity index (χ1n) is 6.17. The maximum atomic E-state index is 12.3. The van der Waals surface area contributed by atoms with Gasteiger partial charge in [0.2, 0.25) is 10.0 Å². The van der Waals surface area contributed by atoms with Crippen LogP contribution in [0.5, 0.6) is 0 Å². The van der Waals surface area contributed by atoms with E-state index in [0.29, 0.717) is 17.4 Å². The first-order chi connectivity index (χ1) is 8.40. The van der Waals surface area contributed by atoms with Crippen LogP contribution in [0.3, 0.4) is 0 Å². The first kappa shape index (κ1) is 16.4. The first-order valence-corrected chi connectivity index (χ1v) is 7.65. The molecule has 1 saturated heterocycles. The highest BCUT2D eigenvalue weighted by Gasteiger charge is 2.27. The van der Waals surface area contributed by atoms with E-state index in [-0.39, 0.29) is 23.3 Å². The molecule has 1 aromatic heterocycles. The Hall–Kier alpha value is -0.630. The molecule has 6 nitrogen and oxygen atoms in total. The van der Waals surface area contributed by atoms with Gasteiger partial charge in [0.1, 0.15) is 4.90 Å². The number of nitrogens with zero attached hydrogens (tertiary/aromatic N) is 1. The van der Waals surface area contributed by atoms with E-state index in [9.17, 15) is 8.42 Å². The van der Waals surface area contributed by atoms with Gasteiger partial charge in [0.25, 0.3) is 0 Å². The molecule has 3 N–H and O–H groups in total. The number of aryl methyl sites for hydroxylation is 2.